The first-order valence-electron chi connectivity index (χ1n) is 45.2. The Hall–Kier alpha value is -1.95. The lowest BCUT2D eigenvalue weighted by Crippen LogP contribution is -2.39. The number of aliphatic hydroxyl groups excluding tert-OH is 5. The monoisotopic (exact) mass is 1670 g/mol. The third-order valence-corrected chi connectivity index (χ3v) is 17.5. The van der Waals surface area contributed by atoms with Gasteiger partial charge in [0.15, 0.2) is 0 Å². The van der Waals surface area contributed by atoms with Crippen LogP contribution in [-0.2, 0) is 20.8 Å². The molecule has 5 aliphatic rings. The molecule has 2 unspecified atom stereocenters. The summed E-state index contributed by atoms with van der Waals surface area (Å²) in [5, 5.41) is 40.6. The summed E-state index contributed by atoms with van der Waals surface area (Å²) < 4.78 is 17.1. The van der Waals surface area contributed by atoms with Crippen LogP contribution in [0.1, 0.15) is 227 Å². The van der Waals surface area contributed by atoms with Gasteiger partial charge >= 0.3 is 0 Å². The fourth-order valence-electron chi connectivity index (χ4n) is 9.65. The summed E-state index contributed by atoms with van der Waals surface area (Å²) >= 11 is 0. The lowest BCUT2D eigenvalue weighted by Gasteiger charge is -2.26. The average Bonchev–Trinajstić information content (AvgIpc) is 1.86. The number of unbranched alkanes of at least 4 members (excludes halogenated alkanes) is 9. The van der Waals surface area contributed by atoms with E-state index < -0.39 is 0 Å². The van der Waals surface area contributed by atoms with Crippen LogP contribution in [0.15, 0.2) is 18.7 Å². The van der Waals surface area contributed by atoms with Crippen LogP contribution in [0, 0.1) is 17.8 Å². The molecule has 6 rings (SSSR count). The first-order chi connectivity index (χ1) is 55.8. The van der Waals surface area contributed by atoms with Gasteiger partial charge in [-0.15, -0.1) is 0 Å². The number of nitrogens with zero attached hydrogens (tertiary/aromatic N) is 7. The molecule has 1 aromatic rings. The first-order valence-corrected chi connectivity index (χ1v) is 45.2. The average molecular weight is 1670 g/mol. The van der Waals surface area contributed by atoms with Gasteiger partial charge in [-0.05, 0) is 247 Å². The van der Waals surface area contributed by atoms with Gasteiger partial charge in [-0.2, -0.15) is 0 Å². The summed E-state index contributed by atoms with van der Waals surface area (Å²) in [6.45, 7) is 40.7. The van der Waals surface area contributed by atoms with Crippen molar-refractivity contribution < 1.29 is 39.7 Å². The van der Waals surface area contributed by atoms with Gasteiger partial charge in [-0.25, -0.2) is 4.98 Å². The molecule has 0 spiro atoms. The highest BCUT2D eigenvalue weighted by atomic mass is 16.5. The molecule has 2 atom stereocenters. The Morgan fingerprint density at radius 1 is 0.400 bits per heavy atom. The largest absolute Gasteiger partial charge is 0.396 e. The highest BCUT2D eigenvalue weighted by Gasteiger charge is 2.18. The minimum atomic E-state index is -0.00926. The summed E-state index contributed by atoms with van der Waals surface area (Å²) in [7, 11) is 8.12. The van der Waals surface area contributed by atoms with Gasteiger partial charge in [0.1, 0.15) is 0 Å². The van der Waals surface area contributed by atoms with Crippen LogP contribution in [0.4, 0.5) is 0 Å². The second-order valence-corrected chi connectivity index (χ2v) is 29.2. The third kappa shape index (κ3) is 147. The van der Waals surface area contributed by atoms with E-state index in [4.69, 9.17) is 131 Å². The zero-order valence-corrected chi connectivity index (χ0v) is 77.0. The van der Waals surface area contributed by atoms with Crippen LogP contribution < -0.4 is 91.7 Å². The lowest BCUT2D eigenvalue weighted by atomic mass is 9.90. The summed E-state index contributed by atoms with van der Waals surface area (Å²) in [5.74, 6) is 2.56. The zero-order chi connectivity index (χ0) is 88.8. The number of likely N-dealkylation sites (N-methyl/N-ethyl adjacent to an activating group) is 1. The molecule has 31 heteroatoms. The molecule has 3 saturated heterocycles. The fourth-order valence-corrected chi connectivity index (χ4v) is 9.65. The van der Waals surface area contributed by atoms with E-state index in [-0.39, 0.29) is 32.5 Å². The van der Waals surface area contributed by atoms with E-state index in [9.17, 15) is 0 Å². The molecule has 0 bridgehead atoms. The SMILES string of the molecule is CCC(N)CO.CCCCC(CC)CN.CCCCCCN.CCCCN.CN(C)CCCN.CN(C)CCN.NCC1CC1.NCC1CCCCC1.NCCCCCCO.NCCCCO.NCCCN1CCOCC1.NCCCn1ccnc1.NCCN1CCCCC1.NCCN1CCOCC1.NCCO.NCCOCCO. The highest BCUT2D eigenvalue weighted by molar-refractivity contribution is 4.74. The van der Waals surface area contributed by atoms with Crippen molar-refractivity contribution in [1.29, 1.82) is 0 Å². The molecular formula is C84H207N23O8. The van der Waals surface area contributed by atoms with Gasteiger partial charge < -0.3 is 151 Å². The summed E-state index contributed by atoms with van der Waals surface area (Å²) in [6.07, 6.45) is 42.5. The Morgan fingerprint density at radius 2 is 0.826 bits per heavy atom. The van der Waals surface area contributed by atoms with Gasteiger partial charge in [0.2, 0.25) is 0 Å². The van der Waals surface area contributed by atoms with Crippen LogP contribution >= 0.6 is 0 Å². The second-order valence-electron chi connectivity index (χ2n) is 29.2. The maximum Gasteiger partial charge on any atom is 0.0945 e. The number of morpholine rings is 2. The summed E-state index contributed by atoms with van der Waals surface area (Å²) in [6, 6.07) is -0.00926. The van der Waals surface area contributed by atoms with Crippen molar-refractivity contribution in [2.24, 2.45) is 109 Å². The Labute approximate surface area is 709 Å². The molecule has 0 radical (unpaired) electrons. The number of piperidine rings is 1. The van der Waals surface area contributed by atoms with Crippen molar-refractivity contribution in [3.8, 4) is 0 Å². The Balaban J connectivity index is -0.000000128. The van der Waals surface area contributed by atoms with E-state index >= 15 is 0 Å². The molecule has 0 aromatic carbocycles. The van der Waals surface area contributed by atoms with Gasteiger partial charge in [-0.3, -0.25) is 9.80 Å². The van der Waals surface area contributed by atoms with E-state index in [1.807, 2.05) is 31.8 Å². The minimum absolute atomic E-state index is 0.00926. The molecule has 1 aromatic heterocycles. The summed E-state index contributed by atoms with van der Waals surface area (Å²) in [5.41, 5.74) is 84.0. The van der Waals surface area contributed by atoms with Crippen LogP contribution in [0.25, 0.3) is 0 Å². The number of nitrogens with two attached hydrogens (primary N) is 16. The van der Waals surface area contributed by atoms with Gasteiger partial charge in [0.05, 0.1) is 65.8 Å². The molecule has 706 valence electrons. The topological polar surface area (TPSA) is 579 Å². The molecule has 2 aliphatic carbocycles. The third-order valence-electron chi connectivity index (χ3n) is 17.5. The van der Waals surface area contributed by atoms with Gasteiger partial charge in [0, 0.05) is 117 Å². The predicted octanol–water partition coefficient (Wildman–Crippen LogP) is 3.15. The lowest BCUT2D eigenvalue weighted by molar-refractivity contribution is 0.0377. The number of ether oxygens (including phenoxy) is 3. The Kier molecular flexibility index (Phi) is 151. The summed E-state index contributed by atoms with van der Waals surface area (Å²) in [4.78, 5) is 15.3. The van der Waals surface area contributed by atoms with Crippen LogP contribution in [0.5, 0.6) is 0 Å². The van der Waals surface area contributed by atoms with Crippen molar-refractivity contribution in [2.45, 2.75) is 240 Å². The van der Waals surface area contributed by atoms with E-state index in [0.717, 1.165) is 252 Å². The molecule has 31 nitrogen and oxygen atoms in total. The fraction of sp³-hybridized carbons (Fsp3) is 0.964. The number of hydrogen-bond donors (Lipinski definition) is 21. The molecule has 3 aliphatic heterocycles. The number of aromatic nitrogens is 2. The normalized spacial score (nSPS) is 14.7. The molecule has 4 heterocycles. The zero-order valence-electron chi connectivity index (χ0n) is 77.0. The standard InChI is InChI=1S/C8H19N.C7H16N2O.C7H16N2.C7H15N.C6H11N3.C6H14N2O.C6H15NO.C6H15N.C5H14N2.C4H12N2.C4H11NO2.2C4H11NO.C4H9N.C4H11N.C2H7NO/c1-3-5-6-8(4-2)7-9;8-2-1-3-9-4-6-10-7-5-9;8-4-7-9-5-2-1-3-6-9;8-6-7-4-2-1-3-5-7;7-2-1-4-9-5-3-8-6-9;7-1-2-8-3-5-9-6-4-8;7-5-3-1-2-4-6-8;1-2-3-4-5-6-7;1-7(2)5-3-4-6;1-6(2)4-3-5;5-1-3-7-4-2-6;1-2-4(5)3-6;5-3-1-2-4-6;5-3-4-1-2-4;1-2-3-4-5;3-1-2-4/h8H,3-7,9H2,1-2H3;1-8H2;1-8H2;7H,1-6,8H2;3,5-6H,1-2,4,7H2;1-7H2;8H,1-7H2;2-7H2,1H3;3-6H2,1-2H3;3-5H2,1-2H3;6H,1-5H2;4,6H,2-3,5H2,1H3;6H,1-5H2;4H,1-3,5H2;2-5H2,1H3;4H,1-3H2. The van der Waals surface area contributed by atoms with Crippen molar-refractivity contribution >= 4 is 0 Å². The highest BCUT2D eigenvalue weighted by Crippen LogP contribution is 2.26. The molecular weight excluding hydrogens is 1460 g/mol. The minimum Gasteiger partial charge on any atom is -0.396 e. The van der Waals surface area contributed by atoms with Gasteiger partial charge in [0.25, 0.3) is 0 Å². The van der Waals surface area contributed by atoms with Crippen LogP contribution in [-0.4, -0.2) is 337 Å². The number of aliphatic hydroxyl groups is 5. The van der Waals surface area contributed by atoms with Crippen LogP contribution in [0.3, 0.4) is 0 Å². The molecule has 5 fully saturated rings. The van der Waals surface area contributed by atoms with Gasteiger partial charge in [-0.1, -0.05) is 118 Å². The molecule has 115 heavy (non-hydrogen) atoms. The second kappa shape index (κ2) is 130. The number of aryl methyl sites for hydroxylation is 1. The van der Waals surface area contributed by atoms with E-state index in [1.54, 1.807) is 12.5 Å². The van der Waals surface area contributed by atoms with E-state index in [0.29, 0.717) is 39.5 Å². The van der Waals surface area contributed by atoms with E-state index in [1.165, 1.54) is 142 Å². The quantitative estimate of drug-likeness (QED) is 0.0418. The maximum absolute atomic E-state index is 8.33. The predicted molar refractivity (Wildman–Crippen MR) is 498 cm³/mol. The maximum atomic E-state index is 8.33. The van der Waals surface area contributed by atoms with Crippen molar-refractivity contribution in [1.82, 2.24) is 34.1 Å². The smallest absolute Gasteiger partial charge is 0.0945 e. The van der Waals surface area contributed by atoms with E-state index in [2.05, 4.69) is 71.3 Å². The Bertz CT molecular complexity index is 1560. The molecule has 0 amide bonds. The molecule has 37 N–H and O–H groups in total. The van der Waals surface area contributed by atoms with Crippen molar-refractivity contribution in [2.75, 3.05) is 271 Å². The first kappa shape index (κ1) is 134. The number of likely N-dealkylation sites (tertiary alicyclic amines) is 1. The van der Waals surface area contributed by atoms with Crippen molar-refractivity contribution in [3.05, 3.63) is 18.7 Å². The number of imidazole rings is 1. The van der Waals surface area contributed by atoms with Crippen molar-refractivity contribution in [3.63, 3.8) is 0 Å². The van der Waals surface area contributed by atoms with Crippen LogP contribution in [0.2, 0.25) is 0 Å². The molecule has 2 saturated carbocycles. The Morgan fingerprint density at radius 3 is 1.12 bits per heavy atom. The number of hydrogen-bond acceptors (Lipinski definition) is 30. The number of rotatable bonds is 43.